The Morgan fingerprint density at radius 2 is 1.93 bits per heavy atom. The van der Waals surface area contributed by atoms with Gasteiger partial charge in [-0.25, -0.2) is 4.79 Å². The van der Waals surface area contributed by atoms with Crippen LogP contribution in [0, 0.1) is 0 Å². The smallest absolute Gasteiger partial charge is 0.414 e. The minimum Gasteiger partial charge on any atom is -0.444 e. The Bertz CT molecular complexity index is 251. The lowest BCUT2D eigenvalue weighted by Crippen LogP contribution is -2.35. The van der Waals surface area contributed by atoms with E-state index >= 15 is 0 Å². The largest absolute Gasteiger partial charge is 0.444 e. The lowest BCUT2D eigenvalue weighted by atomic mass is 10.2. The fraction of sp³-hybridized carbons (Fsp3) is 0.636. The van der Waals surface area contributed by atoms with Crippen molar-refractivity contribution in [3.8, 4) is 0 Å². The molecule has 0 aliphatic rings. The van der Waals surface area contributed by atoms with E-state index in [4.69, 9.17) is 4.74 Å². The molecule has 0 aliphatic carbocycles. The van der Waals surface area contributed by atoms with Gasteiger partial charge >= 0.3 is 6.09 Å². The van der Waals surface area contributed by atoms with E-state index in [0.29, 0.717) is 0 Å². The van der Waals surface area contributed by atoms with Crippen LogP contribution in [0.4, 0.5) is 4.79 Å². The Morgan fingerprint density at radius 1 is 1.33 bits per heavy atom. The average molecular weight is 213 g/mol. The Morgan fingerprint density at radius 3 is 2.40 bits per heavy atom. The van der Waals surface area contributed by atoms with Gasteiger partial charge in [0.05, 0.1) is 0 Å². The number of amides is 2. The van der Waals surface area contributed by atoms with Crippen molar-refractivity contribution < 1.29 is 14.3 Å². The van der Waals surface area contributed by atoms with Crippen LogP contribution in [-0.2, 0) is 9.53 Å². The van der Waals surface area contributed by atoms with Gasteiger partial charge in [-0.2, -0.15) is 0 Å². The molecule has 4 heteroatoms. The van der Waals surface area contributed by atoms with Crippen molar-refractivity contribution in [3.63, 3.8) is 0 Å². The fourth-order valence-electron chi connectivity index (χ4n) is 0.803. The molecule has 15 heavy (non-hydrogen) atoms. The van der Waals surface area contributed by atoms with Crippen LogP contribution >= 0.6 is 0 Å². The number of alkyl carbamates (subject to hydrolysis) is 1. The zero-order valence-corrected chi connectivity index (χ0v) is 9.79. The van der Waals surface area contributed by atoms with Gasteiger partial charge in [0, 0.05) is 0 Å². The van der Waals surface area contributed by atoms with E-state index < -0.39 is 17.6 Å². The molecule has 0 unspecified atom stereocenters. The van der Waals surface area contributed by atoms with Crippen LogP contribution in [0.3, 0.4) is 0 Å². The highest BCUT2D eigenvalue weighted by atomic mass is 16.6. The fourth-order valence-corrected chi connectivity index (χ4v) is 0.803. The van der Waals surface area contributed by atoms with Crippen molar-refractivity contribution in [1.29, 1.82) is 0 Å². The molecule has 0 rings (SSSR count). The van der Waals surface area contributed by atoms with E-state index in [0.717, 1.165) is 12.8 Å². The molecule has 0 heterocycles. The minimum atomic E-state index is -0.714. The molecule has 0 aliphatic heterocycles. The molecular formula is C11H19NO3. The highest BCUT2D eigenvalue weighted by molar-refractivity contribution is 5.98. The van der Waals surface area contributed by atoms with E-state index in [-0.39, 0.29) is 0 Å². The summed E-state index contributed by atoms with van der Waals surface area (Å²) in [6.45, 7) is 7.23. The number of imide groups is 1. The van der Waals surface area contributed by atoms with Crippen LogP contribution < -0.4 is 5.32 Å². The molecule has 0 saturated heterocycles. The molecule has 0 saturated carbocycles. The summed E-state index contributed by atoms with van der Waals surface area (Å²) < 4.78 is 4.91. The van der Waals surface area contributed by atoms with Crippen LogP contribution in [0.5, 0.6) is 0 Å². The van der Waals surface area contributed by atoms with Crippen LogP contribution in [0.15, 0.2) is 12.2 Å². The van der Waals surface area contributed by atoms with Crippen LogP contribution in [-0.4, -0.2) is 17.6 Å². The summed E-state index contributed by atoms with van der Waals surface area (Å²) in [5.74, 6) is -0.447. The van der Waals surface area contributed by atoms with Crippen molar-refractivity contribution in [2.24, 2.45) is 0 Å². The van der Waals surface area contributed by atoms with E-state index in [1.807, 2.05) is 6.92 Å². The summed E-state index contributed by atoms with van der Waals surface area (Å²) in [6, 6.07) is 0. The first-order chi connectivity index (χ1) is 6.85. The molecule has 0 atom stereocenters. The van der Waals surface area contributed by atoms with Gasteiger partial charge in [0.1, 0.15) is 5.60 Å². The topological polar surface area (TPSA) is 55.4 Å². The number of hydrogen-bond donors (Lipinski definition) is 1. The van der Waals surface area contributed by atoms with Gasteiger partial charge in [-0.3, -0.25) is 10.1 Å². The number of hydrogen-bond acceptors (Lipinski definition) is 3. The van der Waals surface area contributed by atoms with E-state index in [1.165, 1.54) is 6.08 Å². The van der Waals surface area contributed by atoms with E-state index in [2.05, 4.69) is 5.32 Å². The molecule has 86 valence electrons. The zero-order valence-electron chi connectivity index (χ0n) is 9.79. The number of ether oxygens (including phenoxy) is 1. The Balaban J connectivity index is 3.92. The zero-order chi connectivity index (χ0) is 11.9. The summed E-state index contributed by atoms with van der Waals surface area (Å²) in [5.41, 5.74) is -0.586. The molecule has 2 amide bonds. The SMILES string of the molecule is CCC/C=C/C(=O)NC(=O)OC(C)(C)C. The first kappa shape index (κ1) is 13.7. The molecule has 0 aromatic rings. The number of unbranched alkanes of at least 4 members (excludes halogenated alkanes) is 1. The molecule has 1 N–H and O–H groups in total. The standard InChI is InChI=1S/C11H19NO3/c1-5-6-7-8-9(13)12-10(14)15-11(2,3)4/h7-8H,5-6H2,1-4H3,(H,12,13,14)/b8-7+. The molecule has 0 bridgehead atoms. The van der Waals surface area contributed by atoms with Gasteiger partial charge in [0.25, 0.3) is 5.91 Å². The molecule has 0 radical (unpaired) electrons. The molecule has 0 aromatic carbocycles. The second-order valence-corrected chi connectivity index (χ2v) is 4.18. The number of nitrogens with one attached hydrogen (secondary N) is 1. The van der Waals surface area contributed by atoms with Crippen molar-refractivity contribution in [1.82, 2.24) is 5.32 Å². The van der Waals surface area contributed by atoms with Crippen molar-refractivity contribution >= 4 is 12.0 Å². The van der Waals surface area contributed by atoms with Crippen molar-refractivity contribution in [3.05, 3.63) is 12.2 Å². The third-order valence-electron chi connectivity index (χ3n) is 1.35. The van der Waals surface area contributed by atoms with Gasteiger partial charge in [0.2, 0.25) is 0 Å². The maximum atomic E-state index is 11.1. The normalized spacial score (nSPS) is 11.5. The Labute approximate surface area is 90.7 Å². The van der Waals surface area contributed by atoms with Crippen LogP contribution in [0.25, 0.3) is 0 Å². The summed E-state index contributed by atoms with van der Waals surface area (Å²) in [6.07, 6.45) is 4.14. The number of carbonyl (C=O) groups excluding carboxylic acids is 2. The molecule has 4 nitrogen and oxygen atoms in total. The van der Waals surface area contributed by atoms with Gasteiger partial charge in [0.15, 0.2) is 0 Å². The Hall–Kier alpha value is -1.32. The molecule has 0 fully saturated rings. The first-order valence-corrected chi connectivity index (χ1v) is 5.05. The lowest BCUT2D eigenvalue weighted by Gasteiger charge is -2.18. The third kappa shape index (κ3) is 9.00. The van der Waals surface area contributed by atoms with Crippen LogP contribution in [0.1, 0.15) is 40.5 Å². The summed E-state index contributed by atoms with van der Waals surface area (Å²) in [7, 11) is 0. The predicted molar refractivity (Wildman–Crippen MR) is 58.4 cm³/mol. The van der Waals surface area contributed by atoms with Gasteiger partial charge in [-0.15, -0.1) is 0 Å². The van der Waals surface area contributed by atoms with Crippen molar-refractivity contribution in [2.75, 3.05) is 0 Å². The third-order valence-corrected chi connectivity index (χ3v) is 1.35. The highest BCUT2D eigenvalue weighted by Crippen LogP contribution is 2.06. The number of carbonyl (C=O) groups is 2. The number of rotatable bonds is 3. The quantitative estimate of drug-likeness (QED) is 0.732. The van der Waals surface area contributed by atoms with Crippen molar-refractivity contribution in [2.45, 2.75) is 46.1 Å². The monoisotopic (exact) mass is 213 g/mol. The van der Waals surface area contributed by atoms with Crippen LogP contribution in [0.2, 0.25) is 0 Å². The highest BCUT2D eigenvalue weighted by Gasteiger charge is 2.16. The van der Waals surface area contributed by atoms with Gasteiger partial charge in [-0.05, 0) is 33.3 Å². The predicted octanol–water partition coefficient (Wildman–Crippen LogP) is 2.39. The summed E-state index contributed by atoms with van der Waals surface area (Å²) in [4.78, 5) is 22.2. The summed E-state index contributed by atoms with van der Waals surface area (Å²) in [5, 5.41) is 2.11. The molecule has 0 spiro atoms. The van der Waals surface area contributed by atoms with E-state index in [1.54, 1.807) is 26.8 Å². The maximum Gasteiger partial charge on any atom is 0.414 e. The number of allylic oxidation sites excluding steroid dienone is 1. The average Bonchev–Trinajstić information content (AvgIpc) is 2.00. The van der Waals surface area contributed by atoms with E-state index in [9.17, 15) is 9.59 Å². The second-order valence-electron chi connectivity index (χ2n) is 4.18. The van der Waals surface area contributed by atoms with Gasteiger partial charge < -0.3 is 4.74 Å². The first-order valence-electron chi connectivity index (χ1n) is 5.05. The molecular weight excluding hydrogens is 194 g/mol. The maximum absolute atomic E-state index is 11.1. The second kappa shape index (κ2) is 6.22. The van der Waals surface area contributed by atoms with Gasteiger partial charge in [-0.1, -0.05) is 19.4 Å². The Kier molecular flexibility index (Phi) is 5.67. The molecule has 0 aromatic heterocycles. The minimum absolute atomic E-state index is 0.447. The summed E-state index contributed by atoms with van der Waals surface area (Å²) >= 11 is 0. The lowest BCUT2D eigenvalue weighted by molar-refractivity contribution is -0.116.